The van der Waals surface area contributed by atoms with E-state index in [9.17, 15) is 0 Å². The Kier molecular flexibility index (Phi) is 3.27. The van der Waals surface area contributed by atoms with E-state index in [1.165, 1.54) is 10.8 Å². The summed E-state index contributed by atoms with van der Waals surface area (Å²) in [5.74, 6) is 0.887. The fourth-order valence-electron chi connectivity index (χ4n) is 3.11. The molecule has 0 atom stereocenters. The minimum Gasteiger partial charge on any atom is -0.325 e. The van der Waals surface area contributed by atoms with E-state index in [1.807, 2.05) is 6.07 Å². The average molecular weight is 301 g/mol. The van der Waals surface area contributed by atoms with E-state index >= 15 is 0 Å². The standard InChI is InChI=1S/C20H19N3/c1-14(2)23-19-13-6-5-11-18(19)22-20(23)21-17-12-7-9-15-8-3-4-10-16(15)17/h3-14H,1-2H3,(H,21,22). The Bertz CT molecular complexity index is 977. The number of nitrogens with one attached hydrogen (secondary N) is 1. The fourth-order valence-corrected chi connectivity index (χ4v) is 3.11. The number of benzene rings is 3. The first-order valence-electron chi connectivity index (χ1n) is 7.96. The number of nitrogens with zero attached hydrogens (tertiary/aromatic N) is 2. The van der Waals surface area contributed by atoms with Gasteiger partial charge >= 0.3 is 0 Å². The summed E-state index contributed by atoms with van der Waals surface area (Å²) in [7, 11) is 0. The Morgan fingerprint density at radius 3 is 2.48 bits per heavy atom. The summed E-state index contributed by atoms with van der Waals surface area (Å²) >= 11 is 0. The van der Waals surface area contributed by atoms with Crippen molar-refractivity contribution in [2.24, 2.45) is 0 Å². The van der Waals surface area contributed by atoms with Crippen LogP contribution in [-0.2, 0) is 0 Å². The van der Waals surface area contributed by atoms with Gasteiger partial charge in [0.05, 0.1) is 11.0 Å². The van der Waals surface area contributed by atoms with Gasteiger partial charge in [0.1, 0.15) is 0 Å². The predicted molar refractivity (Wildman–Crippen MR) is 97.3 cm³/mol. The largest absolute Gasteiger partial charge is 0.325 e. The number of aromatic nitrogens is 2. The molecule has 3 heteroatoms. The van der Waals surface area contributed by atoms with Gasteiger partial charge in [-0.15, -0.1) is 0 Å². The Morgan fingerprint density at radius 1 is 0.870 bits per heavy atom. The first-order valence-corrected chi connectivity index (χ1v) is 7.96. The molecule has 1 N–H and O–H groups in total. The molecule has 0 bridgehead atoms. The molecule has 3 nitrogen and oxygen atoms in total. The summed E-state index contributed by atoms with van der Waals surface area (Å²) in [5, 5.41) is 5.97. The molecule has 0 aliphatic carbocycles. The van der Waals surface area contributed by atoms with Crippen molar-refractivity contribution in [3.63, 3.8) is 0 Å². The zero-order valence-corrected chi connectivity index (χ0v) is 13.3. The van der Waals surface area contributed by atoms with E-state index < -0.39 is 0 Å². The molecule has 0 saturated carbocycles. The number of hydrogen-bond donors (Lipinski definition) is 1. The van der Waals surface area contributed by atoms with Gasteiger partial charge in [0, 0.05) is 17.1 Å². The van der Waals surface area contributed by atoms with Gasteiger partial charge in [-0.2, -0.15) is 0 Å². The van der Waals surface area contributed by atoms with Crippen LogP contribution in [0.3, 0.4) is 0 Å². The third-order valence-corrected chi connectivity index (χ3v) is 4.15. The molecule has 0 fully saturated rings. The average Bonchev–Trinajstić information content (AvgIpc) is 2.93. The molecule has 0 aliphatic heterocycles. The number of rotatable bonds is 3. The molecule has 1 aromatic heterocycles. The minimum atomic E-state index is 0.333. The summed E-state index contributed by atoms with van der Waals surface area (Å²) in [6.07, 6.45) is 0. The number of anilines is 2. The van der Waals surface area contributed by atoms with E-state index in [0.717, 1.165) is 22.7 Å². The second-order valence-corrected chi connectivity index (χ2v) is 6.04. The summed E-state index contributed by atoms with van der Waals surface area (Å²) in [4.78, 5) is 4.79. The van der Waals surface area contributed by atoms with Crippen LogP contribution in [0.15, 0.2) is 66.7 Å². The highest BCUT2D eigenvalue weighted by Crippen LogP contribution is 2.30. The van der Waals surface area contributed by atoms with E-state index in [4.69, 9.17) is 4.98 Å². The summed E-state index contributed by atoms with van der Waals surface area (Å²) in [5.41, 5.74) is 3.26. The fraction of sp³-hybridized carbons (Fsp3) is 0.150. The van der Waals surface area contributed by atoms with Gasteiger partial charge < -0.3 is 9.88 Å². The van der Waals surface area contributed by atoms with Crippen molar-refractivity contribution in [3.8, 4) is 0 Å². The van der Waals surface area contributed by atoms with Gasteiger partial charge in [0.25, 0.3) is 0 Å². The maximum absolute atomic E-state index is 4.79. The van der Waals surface area contributed by atoms with Gasteiger partial charge in [0.15, 0.2) is 0 Å². The lowest BCUT2D eigenvalue weighted by Crippen LogP contribution is -2.06. The lowest BCUT2D eigenvalue weighted by atomic mass is 10.1. The molecule has 0 amide bonds. The number of para-hydroxylation sites is 2. The van der Waals surface area contributed by atoms with Gasteiger partial charge in [-0.1, -0.05) is 48.5 Å². The lowest BCUT2D eigenvalue weighted by molar-refractivity contribution is 0.626. The van der Waals surface area contributed by atoms with E-state index in [2.05, 4.69) is 84.4 Å². The van der Waals surface area contributed by atoms with Crippen LogP contribution in [0.1, 0.15) is 19.9 Å². The maximum atomic E-state index is 4.79. The SMILES string of the molecule is CC(C)n1c(Nc2cccc3ccccc23)nc2ccccc21. The Morgan fingerprint density at radius 2 is 1.61 bits per heavy atom. The first-order chi connectivity index (χ1) is 11.2. The monoisotopic (exact) mass is 301 g/mol. The van der Waals surface area contributed by atoms with Gasteiger partial charge in [-0.05, 0) is 37.4 Å². The molecule has 3 aromatic carbocycles. The van der Waals surface area contributed by atoms with Crippen LogP contribution in [-0.4, -0.2) is 9.55 Å². The third-order valence-electron chi connectivity index (χ3n) is 4.15. The summed E-state index contributed by atoms with van der Waals surface area (Å²) in [6.45, 7) is 4.37. The second kappa shape index (κ2) is 5.43. The van der Waals surface area contributed by atoms with Crippen LogP contribution in [0.25, 0.3) is 21.8 Å². The van der Waals surface area contributed by atoms with Gasteiger partial charge in [-0.3, -0.25) is 0 Å². The summed E-state index contributed by atoms with van der Waals surface area (Å²) < 4.78 is 2.25. The van der Waals surface area contributed by atoms with Crippen molar-refractivity contribution < 1.29 is 0 Å². The number of imidazole rings is 1. The quantitative estimate of drug-likeness (QED) is 0.540. The zero-order chi connectivity index (χ0) is 15.8. The molecule has 0 aliphatic rings. The molecule has 0 radical (unpaired) electrons. The van der Waals surface area contributed by atoms with Gasteiger partial charge in [-0.25, -0.2) is 4.98 Å². The predicted octanol–water partition coefficient (Wildman–Crippen LogP) is 5.51. The first kappa shape index (κ1) is 13.8. The molecule has 0 saturated heterocycles. The van der Waals surface area contributed by atoms with Crippen LogP contribution >= 0.6 is 0 Å². The van der Waals surface area contributed by atoms with Crippen molar-refractivity contribution >= 4 is 33.4 Å². The molecule has 4 rings (SSSR count). The van der Waals surface area contributed by atoms with Crippen molar-refractivity contribution in [1.29, 1.82) is 0 Å². The topological polar surface area (TPSA) is 29.9 Å². The molecular weight excluding hydrogens is 282 g/mol. The van der Waals surface area contributed by atoms with E-state index in [0.29, 0.717) is 6.04 Å². The molecule has 114 valence electrons. The molecule has 23 heavy (non-hydrogen) atoms. The van der Waals surface area contributed by atoms with Crippen molar-refractivity contribution in [2.75, 3.05) is 5.32 Å². The minimum absolute atomic E-state index is 0.333. The van der Waals surface area contributed by atoms with Crippen LogP contribution in [0.5, 0.6) is 0 Å². The smallest absolute Gasteiger partial charge is 0.208 e. The van der Waals surface area contributed by atoms with Crippen molar-refractivity contribution in [2.45, 2.75) is 19.9 Å². The van der Waals surface area contributed by atoms with Crippen LogP contribution in [0, 0.1) is 0 Å². The van der Waals surface area contributed by atoms with E-state index in [1.54, 1.807) is 0 Å². The van der Waals surface area contributed by atoms with Crippen LogP contribution < -0.4 is 5.32 Å². The number of hydrogen-bond acceptors (Lipinski definition) is 2. The zero-order valence-electron chi connectivity index (χ0n) is 13.3. The summed E-state index contributed by atoms with van der Waals surface area (Å²) in [6, 6.07) is 23.3. The molecular formula is C20H19N3. The lowest BCUT2D eigenvalue weighted by Gasteiger charge is -2.15. The Hall–Kier alpha value is -2.81. The molecule has 1 heterocycles. The highest BCUT2D eigenvalue weighted by Gasteiger charge is 2.13. The van der Waals surface area contributed by atoms with E-state index in [-0.39, 0.29) is 0 Å². The molecule has 0 spiro atoms. The maximum Gasteiger partial charge on any atom is 0.208 e. The van der Waals surface area contributed by atoms with Gasteiger partial charge in [0.2, 0.25) is 5.95 Å². The highest BCUT2D eigenvalue weighted by atomic mass is 15.2. The Labute approximate surface area is 135 Å². The second-order valence-electron chi connectivity index (χ2n) is 6.04. The van der Waals surface area contributed by atoms with Crippen molar-refractivity contribution in [3.05, 3.63) is 66.7 Å². The molecule has 4 aromatic rings. The highest BCUT2D eigenvalue weighted by molar-refractivity contribution is 5.95. The van der Waals surface area contributed by atoms with Crippen LogP contribution in [0.4, 0.5) is 11.6 Å². The normalized spacial score (nSPS) is 11.4. The molecule has 0 unspecified atom stereocenters. The Balaban J connectivity index is 1.88. The van der Waals surface area contributed by atoms with Crippen LogP contribution in [0.2, 0.25) is 0 Å². The van der Waals surface area contributed by atoms with Crippen molar-refractivity contribution in [1.82, 2.24) is 9.55 Å². The number of fused-ring (bicyclic) bond motifs is 2. The third kappa shape index (κ3) is 2.34.